The number of nitrogens with one attached hydrogen (secondary N) is 2. The van der Waals surface area contributed by atoms with E-state index in [9.17, 15) is 4.79 Å². The molecule has 0 aliphatic heterocycles. The molecule has 0 atom stereocenters. The fraction of sp³-hybridized carbons (Fsp3) is 0.400. The fourth-order valence-electron chi connectivity index (χ4n) is 2.06. The van der Waals surface area contributed by atoms with Crippen LogP contribution in [0.3, 0.4) is 0 Å². The first kappa shape index (κ1) is 15.2. The highest BCUT2D eigenvalue weighted by Crippen LogP contribution is 2.20. The minimum atomic E-state index is -0.299. The van der Waals surface area contributed by atoms with Crippen molar-refractivity contribution in [3.05, 3.63) is 40.3 Å². The Bertz CT molecular complexity index is 665. The third-order valence-electron chi connectivity index (χ3n) is 3.18. The van der Waals surface area contributed by atoms with Crippen molar-refractivity contribution in [3.63, 3.8) is 0 Å². The van der Waals surface area contributed by atoms with Gasteiger partial charge in [0.1, 0.15) is 5.82 Å². The lowest BCUT2D eigenvalue weighted by Gasteiger charge is -2.13. The number of nitrogens with zero attached hydrogens (tertiary/aromatic N) is 3. The molecule has 0 aliphatic carbocycles. The van der Waals surface area contributed by atoms with Gasteiger partial charge in [0.2, 0.25) is 5.95 Å². The van der Waals surface area contributed by atoms with Gasteiger partial charge < -0.3 is 0 Å². The molecule has 2 rings (SSSR count). The van der Waals surface area contributed by atoms with Crippen LogP contribution in [0.25, 0.3) is 11.4 Å². The van der Waals surface area contributed by atoms with Gasteiger partial charge >= 0.3 is 5.69 Å². The lowest BCUT2D eigenvalue weighted by atomic mass is 10.1. The van der Waals surface area contributed by atoms with E-state index in [-0.39, 0.29) is 5.69 Å². The Balaban J connectivity index is 2.47. The number of aromatic nitrogens is 3. The molecule has 0 radical (unpaired) electrons. The molecule has 0 saturated heterocycles. The van der Waals surface area contributed by atoms with Crippen LogP contribution in [-0.4, -0.2) is 21.1 Å². The average Bonchev–Trinajstić information content (AvgIpc) is 2.47. The molecule has 0 fully saturated rings. The van der Waals surface area contributed by atoms with Crippen LogP contribution in [0.15, 0.2) is 29.1 Å². The number of anilines is 1. The molecule has 0 amide bonds. The van der Waals surface area contributed by atoms with Gasteiger partial charge in [-0.2, -0.15) is 9.97 Å². The summed E-state index contributed by atoms with van der Waals surface area (Å²) in [5.74, 6) is 0.938. The normalized spacial score (nSPS) is 10.6. The van der Waals surface area contributed by atoms with Crippen LogP contribution in [0.2, 0.25) is 0 Å². The van der Waals surface area contributed by atoms with Crippen LogP contribution in [0.4, 0.5) is 5.95 Å². The summed E-state index contributed by atoms with van der Waals surface area (Å²) in [6, 6.07) is 7.88. The summed E-state index contributed by atoms with van der Waals surface area (Å²) >= 11 is 0. The summed E-state index contributed by atoms with van der Waals surface area (Å²) in [7, 11) is 0. The second-order valence-electron chi connectivity index (χ2n) is 4.76. The minimum absolute atomic E-state index is 0.299. The van der Waals surface area contributed by atoms with Crippen molar-refractivity contribution in [2.75, 3.05) is 12.0 Å². The van der Waals surface area contributed by atoms with Crippen molar-refractivity contribution >= 4 is 5.95 Å². The van der Waals surface area contributed by atoms with Gasteiger partial charge in [-0.15, -0.1) is 0 Å². The second-order valence-corrected chi connectivity index (χ2v) is 4.76. The first-order valence-corrected chi connectivity index (χ1v) is 7.21. The van der Waals surface area contributed by atoms with E-state index in [1.807, 2.05) is 38.1 Å². The molecule has 21 heavy (non-hydrogen) atoms. The van der Waals surface area contributed by atoms with E-state index in [2.05, 4.69) is 27.7 Å². The van der Waals surface area contributed by atoms with E-state index in [1.165, 1.54) is 0 Å². The monoisotopic (exact) mass is 287 g/mol. The number of hydrogen-bond donors (Lipinski definition) is 2. The highest BCUT2D eigenvalue weighted by molar-refractivity contribution is 5.60. The Morgan fingerprint density at radius 1 is 1.19 bits per heavy atom. The van der Waals surface area contributed by atoms with Gasteiger partial charge in [0, 0.05) is 18.7 Å². The maximum Gasteiger partial charge on any atom is 0.352 e. The summed E-state index contributed by atoms with van der Waals surface area (Å²) in [5, 5.41) is 0. The van der Waals surface area contributed by atoms with E-state index < -0.39 is 0 Å². The summed E-state index contributed by atoms with van der Waals surface area (Å²) in [5.41, 5.74) is 7.58. The molecule has 112 valence electrons. The number of hydrazine groups is 1. The zero-order chi connectivity index (χ0) is 15.2. The highest BCUT2D eigenvalue weighted by Gasteiger charge is 2.12. The number of hydrogen-bond acceptors (Lipinski definition) is 5. The van der Waals surface area contributed by atoms with Crippen LogP contribution in [-0.2, 0) is 6.54 Å². The molecule has 0 saturated carbocycles. The van der Waals surface area contributed by atoms with Crippen molar-refractivity contribution < 1.29 is 0 Å². The highest BCUT2D eigenvalue weighted by atomic mass is 16.1. The van der Waals surface area contributed by atoms with Gasteiger partial charge in [-0.05, 0) is 25.8 Å². The topological polar surface area (TPSA) is 71.8 Å². The molecule has 0 bridgehead atoms. The first-order chi connectivity index (χ1) is 10.2. The van der Waals surface area contributed by atoms with Crippen LogP contribution < -0.4 is 16.5 Å². The lowest BCUT2D eigenvalue weighted by Crippen LogP contribution is -2.30. The Labute approximate surface area is 124 Å². The summed E-state index contributed by atoms with van der Waals surface area (Å²) in [4.78, 5) is 20.6. The second kappa shape index (κ2) is 6.99. The zero-order valence-electron chi connectivity index (χ0n) is 12.7. The zero-order valence-corrected chi connectivity index (χ0v) is 12.7. The Morgan fingerprint density at radius 2 is 1.95 bits per heavy atom. The van der Waals surface area contributed by atoms with Crippen LogP contribution >= 0.6 is 0 Å². The van der Waals surface area contributed by atoms with Crippen molar-refractivity contribution in [3.8, 4) is 11.4 Å². The molecule has 0 spiro atoms. The van der Waals surface area contributed by atoms with Gasteiger partial charge in [0.15, 0.2) is 0 Å². The first-order valence-electron chi connectivity index (χ1n) is 7.21. The van der Waals surface area contributed by atoms with Crippen LogP contribution in [0.5, 0.6) is 0 Å². The maximum absolute atomic E-state index is 12.2. The molecular formula is C15H21N5O. The third kappa shape index (κ3) is 3.46. The van der Waals surface area contributed by atoms with E-state index >= 15 is 0 Å². The summed E-state index contributed by atoms with van der Waals surface area (Å²) < 4.78 is 1.58. The van der Waals surface area contributed by atoms with Gasteiger partial charge in [0.05, 0.1) is 0 Å². The SMILES string of the molecule is CCCNNc1nc(-c2ccccc2C)n(CC)c(=O)n1. The Morgan fingerprint density at radius 3 is 2.62 bits per heavy atom. The molecule has 1 heterocycles. The van der Waals surface area contributed by atoms with Crippen LogP contribution in [0, 0.1) is 6.92 Å². The van der Waals surface area contributed by atoms with Gasteiger partial charge in [-0.3, -0.25) is 9.99 Å². The van der Waals surface area contributed by atoms with E-state index in [0.717, 1.165) is 24.1 Å². The molecular weight excluding hydrogens is 266 g/mol. The fourth-order valence-corrected chi connectivity index (χ4v) is 2.06. The molecule has 2 aromatic rings. The molecule has 0 aliphatic rings. The Kier molecular flexibility index (Phi) is 5.05. The third-order valence-corrected chi connectivity index (χ3v) is 3.18. The molecule has 6 heteroatoms. The Hall–Kier alpha value is -2.21. The van der Waals surface area contributed by atoms with Gasteiger partial charge in [-0.1, -0.05) is 31.2 Å². The predicted molar refractivity (Wildman–Crippen MR) is 84.1 cm³/mol. The molecule has 0 unspecified atom stereocenters. The average molecular weight is 287 g/mol. The van der Waals surface area contributed by atoms with Crippen molar-refractivity contribution in [2.24, 2.45) is 0 Å². The van der Waals surface area contributed by atoms with Gasteiger partial charge in [0.25, 0.3) is 0 Å². The quantitative estimate of drug-likeness (QED) is 0.628. The largest absolute Gasteiger partial charge is 0.352 e. The number of aryl methyl sites for hydroxylation is 1. The van der Waals surface area contributed by atoms with E-state index in [1.54, 1.807) is 4.57 Å². The van der Waals surface area contributed by atoms with Crippen molar-refractivity contribution in [1.82, 2.24) is 20.0 Å². The summed E-state index contributed by atoms with van der Waals surface area (Å²) in [6.45, 7) is 7.29. The smallest absolute Gasteiger partial charge is 0.289 e. The minimum Gasteiger partial charge on any atom is -0.289 e. The van der Waals surface area contributed by atoms with E-state index in [4.69, 9.17) is 0 Å². The maximum atomic E-state index is 12.2. The van der Waals surface area contributed by atoms with E-state index in [0.29, 0.717) is 18.3 Å². The standard InChI is InChI=1S/C15H21N5O/c1-4-10-16-19-14-17-13(20(5-2)15(21)18-14)12-9-7-6-8-11(12)3/h6-9,16H,4-5,10H2,1-3H3,(H,18,19,21). The van der Waals surface area contributed by atoms with Crippen LogP contribution in [0.1, 0.15) is 25.8 Å². The number of rotatable bonds is 6. The molecule has 6 nitrogen and oxygen atoms in total. The molecule has 1 aromatic carbocycles. The van der Waals surface area contributed by atoms with Crippen molar-refractivity contribution in [1.29, 1.82) is 0 Å². The number of benzene rings is 1. The lowest BCUT2D eigenvalue weighted by molar-refractivity contribution is 0.677. The molecule has 1 aromatic heterocycles. The van der Waals surface area contributed by atoms with Gasteiger partial charge in [-0.25, -0.2) is 10.2 Å². The predicted octanol–water partition coefficient (Wildman–Crippen LogP) is 1.96. The molecule has 2 N–H and O–H groups in total. The van der Waals surface area contributed by atoms with Crippen molar-refractivity contribution in [2.45, 2.75) is 33.7 Å². The summed E-state index contributed by atoms with van der Waals surface area (Å²) in [6.07, 6.45) is 0.976.